The zero-order valence-electron chi connectivity index (χ0n) is 15.0. The van der Waals surface area contributed by atoms with Crippen molar-refractivity contribution in [2.75, 3.05) is 6.61 Å². The number of carbonyl (C=O) groups excluding carboxylic acids is 2. The van der Waals surface area contributed by atoms with Crippen LogP contribution in [0.1, 0.15) is 39.1 Å². The van der Waals surface area contributed by atoms with Crippen LogP contribution in [-0.2, 0) is 4.74 Å². The molecule has 6 heteroatoms. The van der Waals surface area contributed by atoms with E-state index in [2.05, 4.69) is 0 Å². The molecule has 2 heterocycles. The van der Waals surface area contributed by atoms with Gasteiger partial charge in [-0.3, -0.25) is 14.5 Å². The fourth-order valence-corrected chi connectivity index (χ4v) is 4.78. The van der Waals surface area contributed by atoms with E-state index in [-0.39, 0.29) is 30.6 Å². The van der Waals surface area contributed by atoms with Gasteiger partial charge in [0.1, 0.15) is 5.44 Å². The van der Waals surface area contributed by atoms with E-state index < -0.39 is 5.44 Å². The van der Waals surface area contributed by atoms with E-state index in [4.69, 9.17) is 4.74 Å². The first kappa shape index (κ1) is 18.2. The summed E-state index contributed by atoms with van der Waals surface area (Å²) in [6.07, 6.45) is 0.944. The Labute approximate surface area is 162 Å². The number of hydrogen-bond donors (Lipinski definition) is 1. The molecule has 2 aromatic carbocycles. The van der Waals surface area contributed by atoms with Gasteiger partial charge in [-0.15, -0.1) is 0 Å². The minimum atomic E-state index is -0.416. The molecule has 0 radical (unpaired) electrons. The second-order valence-electron chi connectivity index (χ2n) is 6.91. The van der Waals surface area contributed by atoms with E-state index in [0.717, 1.165) is 10.5 Å². The monoisotopic (exact) mass is 383 g/mol. The summed E-state index contributed by atoms with van der Waals surface area (Å²) in [6.45, 7) is 1.95. The maximum absolute atomic E-state index is 12.9. The molecule has 0 saturated carbocycles. The highest BCUT2D eigenvalue weighted by Crippen LogP contribution is 2.38. The van der Waals surface area contributed by atoms with Gasteiger partial charge >= 0.3 is 0 Å². The molecule has 140 valence electrons. The molecule has 2 aliphatic heterocycles. The van der Waals surface area contributed by atoms with Crippen molar-refractivity contribution >= 4 is 23.6 Å². The highest BCUT2D eigenvalue weighted by molar-refractivity contribution is 7.99. The molecule has 5 nitrogen and oxygen atoms in total. The average Bonchev–Trinajstić information content (AvgIpc) is 2.95. The van der Waals surface area contributed by atoms with Crippen molar-refractivity contribution in [2.45, 2.75) is 42.2 Å². The Kier molecular flexibility index (Phi) is 5.04. The molecule has 3 unspecified atom stereocenters. The number of hydrogen-bond acceptors (Lipinski definition) is 5. The molecule has 3 atom stereocenters. The van der Waals surface area contributed by atoms with Gasteiger partial charge in [0.05, 0.1) is 29.9 Å². The highest BCUT2D eigenvalue weighted by Gasteiger charge is 2.45. The third kappa shape index (κ3) is 3.40. The summed E-state index contributed by atoms with van der Waals surface area (Å²) >= 11 is 1.49. The Hall–Kier alpha value is -2.15. The average molecular weight is 383 g/mol. The lowest BCUT2D eigenvalue weighted by atomic mass is 10.0. The zero-order valence-corrected chi connectivity index (χ0v) is 15.8. The molecule has 1 N–H and O–H groups in total. The topological polar surface area (TPSA) is 66.8 Å². The number of imide groups is 1. The van der Waals surface area contributed by atoms with Gasteiger partial charge in [-0.25, -0.2) is 0 Å². The molecule has 2 aliphatic rings. The molecular weight excluding hydrogens is 362 g/mol. The Bertz CT molecular complexity index is 832. The predicted molar refractivity (Wildman–Crippen MR) is 103 cm³/mol. The summed E-state index contributed by atoms with van der Waals surface area (Å²) in [5, 5.41) is 9.53. The number of aliphatic hydroxyl groups is 1. The molecule has 1 fully saturated rings. The van der Waals surface area contributed by atoms with Gasteiger partial charge in [0, 0.05) is 4.90 Å². The Morgan fingerprint density at radius 2 is 1.67 bits per heavy atom. The molecular formula is C21H21NO4S. The van der Waals surface area contributed by atoms with E-state index in [9.17, 15) is 14.7 Å². The third-order valence-electron chi connectivity index (χ3n) is 5.06. The number of aliphatic hydroxyl groups excluding tert-OH is 1. The van der Waals surface area contributed by atoms with Crippen LogP contribution in [0.25, 0.3) is 0 Å². The molecule has 1 saturated heterocycles. The summed E-state index contributed by atoms with van der Waals surface area (Å²) in [5.41, 5.74) is 1.64. The van der Waals surface area contributed by atoms with Crippen LogP contribution in [0, 0.1) is 6.92 Å². The quantitative estimate of drug-likeness (QED) is 0.821. The lowest BCUT2D eigenvalue weighted by Crippen LogP contribution is -2.51. The van der Waals surface area contributed by atoms with Crippen LogP contribution in [0.5, 0.6) is 0 Å². The summed E-state index contributed by atoms with van der Waals surface area (Å²) in [5.74, 6) is -0.526. The Morgan fingerprint density at radius 3 is 2.26 bits per heavy atom. The van der Waals surface area contributed by atoms with Gasteiger partial charge in [-0.1, -0.05) is 41.6 Å². The van der Waals surface area contributed by atoms with Crippen LogP contribution in [0.4, 0.5) is 0 Å². The third-order valence-corrected chi connectivity index (χ3v) is 6.26. The number of aryl methyl sites for hydroxylation is 1. The number of fused-ring (bicyclic) bond motifs is 1. The number of benzene rings is 2. The molecule has 0 spiro atoms. The molecule has 0 bridgehead atoms. The van der Waals surface area contributed by atoms with E-state index in [1.54, 1.807) is 24.3 Å². The lowest BCUT2D eigenvalue weighted by molar-refractivity contribution is -0.0636. The minimum Gasteiger partial charge on any atom is -0.394 e. The lowest BCUT2D eigenvalue weighted by Gasteiger charge is -2.39. The van der Waals surface area contributed by atoms with Crippen molar-refractivity contribution < 1.29 is 19.4 Å². The first-order chi connectivity index (χ1) is 13.1. The second-order valence-corrected chi connectivity index (χ2v) is 8.08. The molecule has 2 amide bonds. The van der Waals surface area contributed by atoms with Gasteiger partial charge in [-0.2, -0.15) is 0 Å². The smallest absolute Gasteiger partial charge is 0.261 e. The fourth-order valence-electron chi connectivity index (χ4n) is 3.59. The van der Waals surface area contributed by atoms with Gasteiger partial charge < -0.3 is 9.84 Å². The van der Waals surface area contributed by atoms with Crippen LogP contribution >= 0.6 is 11.8 Å². The minimum absolute atomic E-state index is 0.0696. The number of nitrogens with zero attached hydrogens (tertiary/aromatic N) is 1. The van der Waals surface area contributed by atoms with Crippen molar-refractivity contribution in [1.29, 1.82) is 0 Å². The summed E-state index contributed by atoms with van der Waals surface area (Å²) < 4.78 is 6.06. The number of thioether (sulfide) groups is 1. The Balaban J connectivity index is 1.62. The second kappa shape index (κ2) is 7.46. The van der Waals surface area contributed by atoms with Crippen LogP contribution in [0.2, 0.25) is 0 Å². The fraction of sp³-hybridized carbons (Fsp3) is 0.333. The van der Waals surface area contributed by atoms with E-state index in [0.29, 0.717) is 24.0 Å². The number of carbonyl (C=O) groups is 2. The first-order valence-electron chi connectivity index (χ1n) is 9.05. The molecule has 2 aromatic rings. The summed E-state index contributed by atoms with van der Waals surface area (Å²) in [6, 6.07) is 14.6. The standard InChI is InChI=1S/C21H21NO4S/c1-13-6-9-15(10-7-13)27-21-18(11-8-14(12-23)26-21)22-19(24)16-4-2-3-5-17(16)20(22)25/h2-7,9-10,14,18,21,23H,8,11-12H2,1H3. The van der Waals surface area contributed by atoms with Crippen LogP contribution in [-0.4, -0.2) is 46.0 Å². The maximum atomic E-state index is 12.9. The molecule has 27 heavy (non-hydrogen) atoms. The largest absolute Gasteiger partial charge is 0.394 e. The normalized spacial score (nSPS) is 25.0. The zero-order chi connectivity index (χ0) is 19.0. The van der Waals surface area contributed by atoms with Crippen LogP contribution < -0.4 is 0 Å². The van der Waals surface area contributed by atoms with Crippen molar-refractivity contribution in [1.82, 2.24) is 4.90 Å². The predicted octanol–water partition coefficient (Wildman–Crippen LogP) is 3.25. The van der Waals surface area contributed by atoms with Crippen LogP contribution in [0.15, 0.2) is 53.4 Å². The van der Waals surface area contributed by atoms with E-state index in [1.807, 2.05) is 31.2 Å². The van der Waals surface area contributed by atoms with Gasteiger partial charge in [0.25, 0.3) is 11.8 Å². The molecule has 4 rings (SSSR count). The van der Waals surface area contributed by atoms with E-state index in [1.165, 1.54) is 16.7 Å². The van der Waals surface area contributed by atoms with Crippen molar-refractivity contribution in [2.24, 2.45) is 0 Å². The number of rotatable bonds is 4. The molecule has 0 aliphatic carbocycles. The first-order valence-corrected chi connectivity index (χ1v) is 9.93. The maximum Gasteiger partial charge on any atom is 0.261 e. The van der Waals surface area contributed by atoms with Crippen molar-refractivity contribution in [3.8, 4) is 0 Å². The van der Waals surface area contributed by atoms with Gasteiger partial charge in [0.2, 0.25) is 0 Å². The van der Waals surface area contributed by atoms with E-state index >= 15 is 0 Å². The summed E-state index contributed by atoms with van der Waals surface area (Å²) in [4.78, 5) is 28.1. The SMILES string of the molecule is Cc1ccc(SC2OC(CO)CCC2N2C(=O)c3ccccc3C2=O)cc1. The van der Waals surface area contributed by atoms with Gasteiger partial charge in [-0.05, 0) is 44.0 Å². The summed E-state index contributed by atoms with van der Waals surface area (Å²) in [7, 11) is 0. The van der Waals surface area contributed by atoms with Crippen molar-refractivity contribution in [3.63, 3.8) is 0 Å². The van der Waals surface area contributed by atoms with Crippen LogP contribution in [0.3, 0.4) is 0 Å². The van der Waals surface area contributed by atoms with Crippen molar-refractivity contribution in [3.05, 3.63) is 65.2 Å². The number of amides is 2. The van der Waals surface area contributed by atoms with Gasteiger partial charge in [0.15, 0.2) is 0 Å². The number of ether oxygens (including phenoxy) is 1. The Morgan fingerprint density at radius 1 is 1.04 bits per heavy atom. The molecule has 0 aromatic heterocycles. The highest BCUT2D eigenvalue weighted by atomic mass is 32.2.